The SMILES string of the molecule is C=Cc1ccc(CO[C@@H]2C[C@@H](C(=O)OCc3ccccc3)N(C(=O)OCc3ccccc3)C2)cc1. The van der Waals surface area contributed by atoms with Gasteiger partial charge in [0.05, 0.1) is 19.3 Å². The summed E-state index contributed by atoms with van der Waals surface area (Å²) in [5.41, 5.74) is 3.79. The van der Waals surface area contributed by atoms with Crippen molar-refractivity contribution >= 4 is 18.1 Å². The highest BCUT2D eigenvalue weighted by molar-refractivity contribution is 5.82. The van der Waals surface area contributed by atoms with E-state index in [0.717, 1.165) is 22.3 Å². The second-order valence-corrected chi connectivity index (χ2v) is 8.42. The van der Waals surface area contributed by atoms with Crippen LogP contribution in [0.5, 0.6) is 0 Å². The number of carbonyl (C=O) groups is 2. The van der Waals surface area contributed by atoms with Crippen molar-refractivity contribution in [2.24, 2.45) is 0 Å². The molecule has 0 saturated carbocycles. The van der Waals surface area contributed by atoms with Gasteiger partial charge in [0.2, 0.25) is 0 Å². The molecular formula is C29H29NO5. The Morgan fingerprint density at radius 1 is 0.800 bits per heavy atom. The molecule has 3 aromatic carbocycles. The first-order chi connectivity index (χ1) is 17.1. The zero-order valence-electron chi connectivity index (χ0n) is 19.5. The van der Waals surface area contributed by atoms with Gasteiger partial charge in [0.25, 0.3) is 0 Å². The number of hydrogen-bond donors (Lipinski definition) is 0. The summed E-state index contributed by atoms with van der Waals surface area (Å²) in [6, 6.07) is 26.0. The lowest BCUT2D eigenvalue weighted by atomic mass is 10.1. The average Bonchev–Trinajstić information content (AvgIpc) is 3.35. The number of ether oxygens (including phenoxy) is 3. The fraction of sp³-hybridized carbons (Fsp3) is 0.241. The van der Waals surface area contributed by atoms with Crippen molar-refractivity contribution in [1.29, 1.82) is 0 Å². The molecule has 6 nitrogen and oxygen atoms in total. The molecule has 2 atom stereocenters. The molecule has 4 rings (SSSR count). The molecule has 0 aliphatic carbocycles. The molecule has 6 heteroatoms. The minimum absolute atomic E-state index is 0.128. The Labute approximate surface area is 205 Å². The molecule has 35 heavy (non-hydrogen) atoms. The molecular weight excluding hydrogens is 442 g/mol. The Morgan fingerprint density at radius 3 is 1.97 bits per heavy atom. The molecule has 1 amide bonds. The van der Waals surface area contributed by atoms with E-state index in [1.807, 2.05) is 84.9 Å². The van der Waals surface area contributed by atoms with Gasteiger partial charge in [0.15, 0.2) is 0 Å². The van der Waals surface area contributed by atoms with E-state index in [0.29, 0.717) is 13.0 Å². The van der Waals surface area contributed by atoms with Gasteiger partial charge in [0.1, 0.15) is 19.3 Å². The zero-order valence-corrected chi connectivity index (χ0v) is 19.5. The summed E-state index contributed by atoms with van der Waals surface area (Å²) in [6.45, 7) is 4.66. The average molecular weight is 472 g/mol. The van der Waals surface area contributed by atoms with Gasteiger partial charge in [-0.15, -0.1) is 0 Å². The van der Waals surface area contributed by atoms with Crippen LogP contribution in [-0.2, 0) is 38.8 Å². The van der Waals surface area contributed by atoms with Gasteiger partial charge < -0.3 is 14.2 Å². The van der Waals surface area contributed by atoms with Crippen molar-refractivity contribution in [3.63, 3.8) is 0 Å². The fourth-order valence-electron chi connectivity index (χ4n) is 3.93. The van der Waals surface area contributed by atoms with E-state index < -0.39 is 18.1 Å². The Balaban J connectivity index is 1.39. The van der Waals surface area contributed by atoms with Crippen molar-refractivity contribution in [3.8, 4) is 0 Å². The molecule has 0 N–H and O–H groups in total. The van der Waals surface area contributed by atoms with Crippen LogP contribution in [0.15, 0.2) is 91.5 Å². The molecule has 0 unspecified atom stereocenters. The van der Waals surface area contributed by atoms with Crippen molar-refractivity contribution in [1.82, 2.24) is 4.90 Å². The van der Waals surface area contributed by atoms with Crippen molar-refractivity contribution in [2.75, 3.05) is 6.54 Å². The van der Waals surface area contributed by atoms with Crippen LogP contribution in [0.2, 0.25) is 0 Å². The maximum absolute atomic E-state index is 13.0. The molecule has 1 aliphatic heterocycles. The number of likely N-dealkylation sites (tertiary alicyclic amines) is 1. The van der Waals surface area contributed by atoms with Crippen LogP contribution in [0, 0.1) is 0 Å². The summed E-state index contributed by atoms with van der Waals surface area (Å²) >= 11 is 0. The van der Waals surface area contributed by atoms with E-state index in [1.54, 1.807) is 6.08 Å². The molecule has 180 valence electrons. The second kappa shape index (κ2) is 12.0. The Kier molecular flexibility index (Phi) is 8.30. The number of nitrogens with zero attached hydrogens (tertiary/aromatic N) is 1. The molecule has 3 aromatic rings. The van der Waals surface area contributed by atoms with Crippen molar-refractivity contribution in [2.45, 2.75) is 38.4 Å². The van der Waals surface area contributed by atoms with Gasteiger partial charge in [0, 0.05) is 6.42 Å². The van der Waals surface area contributed by atoms with E-state index in [9.17, 15) is 9.59 Å². The standard InChI is InChI=1S/C29H29NO5/c1-2-22-13-15-25(16-14-22)19-33-26-17-27(28(31)34-20-23-9-5-3-6-10-23)30(18-26)29(32)35-21-24-11-7-4-8-12-24/h2-16,26-27H,1,17-21H2/t26-,27+/m1/s1. The smallest absolute Gasteiger partial charge is 0.410 e. The minimum atomic E-state index is -0.768. The normalized spacial score (nSPS) is 17.1. The van der Waals surface area contributed by atoms with Crippen LogP contribution in [0.25, 0.3) is 6.08 Å². The molecule has 0 bridgehead atoms. The minimum Gasteiger partial charge on any atom is -0.459 e. The van der Waals surface area contributed by atoms with E-state index in [2.05, 4.69) is 6.58 Å². The monoisotopic (exact) mass is 471 g/mol. The topological polar surface area (TPSA) is 65.1 Å². The highest BCUT2D eigenvalue weighted by Gasteiger charge is 2.42. The maximum Gasteiger partial charge on any atom is 0.410 e. The van der Waals surface area contributed by atoms with Crippen LogP contribution >= 0.6 is 0 Å². The summed E-state index contributed by atoms with van der Waals surface area (Å²) in [7, 11) is 0. The van der Waals surface area contributed by atoms with Crippen LogP contribution in [0.4, 0.5) is 4.79 Å². The predicted octanol–water partition coefficient (Wildman–Crippen LogP) is 5.37. The summed E-state index contributed by atoms with van der Waals surface area (Å²) in [4.78, 5) is 27.3. The molecule has 0 radical (unpaired) electrons. The fourth-order valence-corrected chi connectivity index (χ4v) is 3.93. The van der Waals surface area contributed by atoms with Gasteiger partial charge >= 0.3 is 12.1 Å². The number of carbonyl (C=O) groups excluding carboxylic acids is 2. The van der Waals surface area contributed by atoms with Crippen LogP contribution < -0.4 is 0 Å². The lowest BCUT2D eigenvalue weighted by molar-refractivity contribution is -0.150. The Morgan fingerprint density at radius 2 is 1.37 bits per heavy atom. The highest BCUT2D eigenvalue weighted by atomic mass is 16.6. The van der Waals surface area contributed by atoms with Crippen molar-refractivity contribution < 1.29 is 23.8 Å². The number of amides is 1. The van der Waals surface area contributed by atoms with E-state index in [4.69, 9.17) is 14.2 Å². The van der Waals surface area contributed by atoms with E-state index in [1.165, 1.54) is 4.90 Å². The third-order valence-corrected chi connectivity index (χ3v) is 5.90. The van der Waals surface area contributed by atoms with Gasteiger partial charge in [-0.1, -0.05) is 97.6 Å². The zero-order chi connectivity index (χ0) is 24.5. The van der Waals surface area contributed by atoms with Gasteiger partial charge in [-0.2, -0.15) is 0 Å². The molecule has 1 heterocycles. The molecule has 1 aliphatic rings. The lowest BCUT2D eigenvalue weighted by Crippen LogP contribution is -2.41. The molecule has 0 spiro atoms. The third kappa shape index (κ3) is 6.80. The molecule has 1 fully saturated rings. The van der Waals surface area contributed by atoms with Gasteiger partial charge in [-0.3, -0.25) is 4.90 Å². The summed E-state index contributed by atoms with van der Waals surface area (Å²) in [5.74, 6) is -0.466. The predicted molar refractivity (Wildman–Crippen MR) is 133 cm³/mol. The first-order valence-corrected chi connectivity index (χ1v) is 11.6. The summed E-state index contributed by atoms with van der Waals surface area (Å²) in [5, 5.41) is 0. The first-order valence-electron chi connectivity index (χ1n) is 11.6. The van der Waals surface area contributed by atoms with Crippen LogP contribution in [0.1, 0.15) is 28.7 Å². The number of esters is 1. The van der Waals surface area contributed by atoms with Gasteiger partial charge in [-0.05, 0) is 22.3 Å². The highest BCUT2D eigenvalue weighted by Crippen LogP contribution is 2.24. The Bertz CT molecular complexity index is 1050. The number of hydrogen-bond acceptors (Lipinski definition) is 5. The number of benzene rings is 3. The van der Waals surface area contributed by atoms with E-state index in [-0.39, 0.29) is 25.9 Å². The summed E-state index contributed by atoms with van der Waals surface area (Å²) < 4.78 is 17.1. The lowest BCUT2D eigenvalue weighted by Gasteiger charge is -2.22. The van der Waals surface area contributed by atoms with E-state index >= 15 is 0 Å². The van der Waals surface area contributed by atoms with Crippen LogP contribution in [-0.4, -0.2) is 35.7 Å². The molecule has 1 saturated heterocycles. The largest absolute Gasteiger partial charge is 0.459 e. The number of rotatable bonds is 9. The first kappa shape index (κ1) is 24.2. The molecule has 0 aromatic heterocycles. The summed E-state index contributed by atoms with van der Waals surface area (Å²) in [6.07, 6.45) is 1.26. The Hall–Kier alpha value is -3.90. The van der Waals surface area contributed by atoms with Gasteiger partial charge in [-0.25, -0.2) is 9.59 Å². The third-order valence-electron chi connectivity index (χ3n) is 5.90. The van der Waals surface area contributed by atoms with Crippen molar-refractivity contribution in [3.05, 3.63) is 114 Å². The van der Waals surface area contributed by atoms with Crippen LogP contribution in [0.3, 0.4) is 0 Å². The quantitative estimate of drug-likeness (QED) is 0.393. The maximum atomic E-state index is 13.0. The second-order valence-electron chi connectivity index (χ2n) is 8.42.